The van der Waals surface area contributed by atoms with Crippen LogP contribution < -0.4 is 5.73 Å². The summed E-state index contributed by atoms with van der Waals surface area (Å²) in [7, 11) is 0. The average molecular weight is 215 g/mol. The van der Waals surface area contributed by atoms with E-state index in [0.29, 0.717) is 5.92 Å². The highest BCUT2D eigenvalue weighted by Crippen LogP contribution is 2.30. The van der Waals surface area contributed by atoms with Crippen molar-refractivity contribution in [3.63, 3.8) is 0 Å². The minimum Gasteiger partial charge on any atom is -0.462 e. The van der Waals surface area contributed by atoms with Gasteiger partial charge in [0.15, 0.2) is 0 Å². The van der Waals surface area contributed by atoms with Gasteiger partial charge in [0.1, 0.15) is 6.10 Å². The van der Waals surface area contributed by atoms with Crippen LogP contribution >= 0.6 is 0 Å². The van der Waals surface area contributed by atoms with E-state index in [9.17, 15) is 4.79 Å². The molecular weight excluding hydrogens is 190 g/mol. The number of nitrogens with two attached hydrogens (primary N) is 1. The fraction of sp³-hybridized carbons (Fsp3) is 0.917. The summed E-state index contributed by atoms with van der Waals surface area (Å²) in [5.41, 5.74) is 4.71. The van der Waals surface area contributed by atoms with Gasteiger partial charge in [-0.2, -0.15) is 0 Å². The van der Waals surface area contributed by atoms with E-state index in [-0.39, 0.29) is 12.1 Å². The van der Waals surface area contributed by atoms with E-state index in [1.807, 2.05) is 48.5 Å². The Bertz CT molecular complexity index is 226. The van der Waals surface area contributed by atoms with E-state index in [4.69, 9.17) is 10.5 Å². The fourth-order valence-corrected chi connectivity index (χ4v) is 0.715. The molecule has 0 heterocycles. The number of carbonyl (C=O) groups is 1. The molecule has 0 saturated heterocycles. The molecule has 0 bridgehead atoms. The topological polar surface area (TPSA) is 52.3 Å². The van der Waals surface area contributed by atoms with Crippen LogP contribution in [0.5, 0.6) is 0 Å². The second-order valence-corrected chi connectivity index (χ2v) is 5.70. The number of hydrogen-bond donors (Lipinski definition) is 1. The van der Waals surface area contributed by atoms with Gasteiger partial charge in [-0.15, -0.1) is 0 Å². The van der Waals surface area contributed by atoms with Gasteiger partial charge in [-0.1, -0.05) is 13.8 Å². The Balaban J connectivity index is 4.59. The van der Waals surface area contributed by atoms with Crippen LogP contribution in [-0.4, -0.2) is 17.6 Å². The maximum Gasteiger partial charge on any atom is 0.313 e. The molecule has 1 atom stereocenters. The van der Waals surface area contributed by atoms with E-state index in [1.165, 1.54) is 0 Å². The zero-order valence-corrected chi connectivity index (χ0v) is 11.0. The van der Waals surface area contributed by atoms with Crippen molar-refractivity contribution in [2.75, 3.05) is 0 Å². The number of esters is 1. The second kappa shape index (κ2) is 4.52. The fourth-order valence-electron chi connectivity index (χ4n) is 0.715. The lowest BCUT2D eigenvalue weighted by atomic mass is 9.75. The van der Waals surface area contributed by atoms with E-state index in [1.54, 1.807) is 0 Å². The third-order valence-electron chi connectivity index (χ3n) is 3.35. The summed E-state index contributed by atoms with van der Waals surface area (Å²) in [6, 6.07) is 0. The van der Waals surface area contributed by atoms with Crippen LogP contribution in [0.15, 0.2) is 0 Å². The first kappa shape index (κ1) is 14.4. The number of hydrogen-bond acceptors (Lipinski definition) is 3. The highest BCUT2D eigenvalue weighted by molar-refractivity contribution is 5.77. The molecule has 0 aliphatic heterocycles. The van der Waals surface area contributed by atoms with Gasteiger partial charge in [0.05, 0.1) is 5.41 Å². The third-order valence-corrected chi connectivity index (χ3v) is 3.35. The first-order valence-corrected chi connectivity index (χ1v) is 5.50. The predicted octanol–water partition coefficient (Wildman–Crippen LogP) is 2.34. The van der Waals surface area contributed by atoms with Gasteiger partial charge in [0.2, 0.25) is 0 Å². The molecular formula is C12H25NO2. The summed E-state index contributed by atoms with van der Waals surface area (Å²) in [5.74, 6) is 0.0989. The highest BCUT2D eigenvalue weighted by atomic mass is 16.5. The summed E-state index contributed by atoms with van der Waals surface area (Å²) < 4.78 is 5.38. The molecule has 15 heavy (non-hydrogen) atoms. The molecule has 0 saturated carbocycles. The lowest BCUT2D eigenvalue weighted by Crippen LogP contribution is -2.53. The molecule has 90 valence electrons. The number of rotatable bonds is 4. The number of ether oxygens (including phenoxy) is 1. The molecule has 2 N–H and O–H groups in total. The van der Waals surface area contributed by atoms with E-state index < -0.39 is 11.0 Å². The van der Waals surface area contributed by atoms with Crippen molar-refractivity contribution < 1.29 is 9.53 Å². The zero-order chi connectivity index (χ0) is 12.4. The first-order valence-electron chi connectivity index (χ1n) is 5.50. The largest absolute Gasteiger partial charge is 0.462 e. The van der Waals surface area contributed by atoms with Gasteiger partial charge >= 0.3 is 5.97 Å². The van der Waals surface area contributed by atoms with Crippen LogP contribution in [0.1, 0.15) is 48.5 Å². The molecule has 0 rings (SSSR count). The van der Waals surface area contributed by atoms with Crippen molar-refractivity contribution in [3.8, 4) is 0 Å². The zero-order valence-electron chi connectivity index (χ0n) is 11.0. The Hall–Kier alpha value is -0.570. The minimum absolute atomic E-state index is 0.0703. The Morgan fingerprint density at radius 1 is 1.13 bits per heavy atom. The lowest BCUT2D eigenvalue weighted by molar-refractivity contribution is -0.164. The van der Waals surface area contributed by atoms with E-state index in [2.05, 4.69) is 0 Å². The van der Waals surface area contributed by atoms with Gasteiger partial charge in [0, 0.05) is 5.54 Å². The van der Waals surface area contributed by atoms with Gasteiger partial charge in [-0.3, -0.25) is 4.79 Å². The van der Waals surface area contributed by atoms with Crippen LogP contribution in [0.3, 0.4) is 0 Å². The highest BCUT2D eigenvalue weighted by Gasteiger charge is 2.42. The normalized spacial score (nSPS) is 15.3. The number of carbonyl (C=O) groups excluding carboxylic acids is 1. The van der Waals surface area contributed by atoms with Crippen LogP contribution in [0.4, 0.5) is 0 Å². The van der Waals surface area contributed by atoms with Crippen molar-refractivity contribution in [2.24, 2.45) is 17.1 Å². The van der Waals surface area contributed by atoms with Crippen molar-refractivity contribution in [3.05, 3.63) is 0 Å². The van der Waals surface area contributed by atoms with Gasteiger partial charge in [-0.25, -0.2) is 0 Å². The molecule has 0 amide bonds. The monoisotopic (exact) mass is 215 g/mol. The van der Waals surface area contributed by atoms with Crippen LogP contribution in [0.2, 0.25) is 0 Å². The summed E-state index contributed by atoms with van der Waals surface area (Å²) in [4.78, 5) is 11.9. The second-order valence-electron chi connectivity index (χ2n) is 5.70. The molecule has 3 nitrogen and oxygen atoms in total. The molecule has 0 aromatic rings. The first-order chi connectivity index (χ1) is 6.50. The Morgan fingerprint density at radius 2 is 1.53 bits per heavy atom. The van der Waals surface area contributed by atoms with Gasteiger partial charge < -0.3 is 10.5 Å². The Labute approximate surface area is 93.4 Å². The quantitative estimate of drug-likeness (QED) is 0.732. The summed E-state index contributed by atoms with van der Waals surface area (Å²) >= 11 is 0. The van der Waals surface area contributed by atoms with Crippen molar-refractivity contribution in [1.82, 2.24) is 0 Å². The molecule has 0 radical (unpaired) electrons. The molecule has 0 aliphatic carbocycles. The van der Waals surface area contributed by atoms with Crippen molar-refractivity contribution >= 4 is 5.97 Å². The smallest absolute Gasteiger partial charge is 0.313 e. The lowest BCUT2D eigenvalue weighted by Gasteiger charge is -2.37. The van der Waals surface area contributed by atoms with Crippen LogP contribution in [0.25, 0.3) is 0 Å². The standard InChI is InChI=1S/C12H25NO2/c1-8(2)9(3)15-10(14)11(4,5)12(6,7)13/h8-9H,13H2,1-7H3. The maximum absolute atomic E-state index is 11.9. The molecule has 0 aromatic heterocycles. The van der Waals surface area contributed by atoms with E-state index >= 15 is 0 Å². The summed E-state index contributed by atoms with van der Waals surface area (Å²) in [6.45, 7) is 13.3. The molecule has 0 spiro atoms. The molecule has 1 unspecified atom stereocenters. The summed E-state index contributed by atoms with van der Waals surface area (Å²) in [5, 5.41) is 0. The van der Waals surface area contributed by atoms with E-state index in [0.717, 1.165) is 0 Å². The van der Waals surface area contributed by atoms with Gasteiger partial charge in [0.25, 0.3) is 0 Å². The molecule has 0 fully saturated rings. The average Bonchev–Trinajstić information content (AvgIpc) is 2.01. The van der Waals surface area contributed by atoms with Crippen LogP contribution in [0, 0.1) is 11.3 Å². The molecule has 0 aromatic carbocycles. The summed E-state index contributed by atoms with van der Waals surface area (Å²) in [6.07, 6.45) is -0.0703. The van der Waals surface area contributed by atoms with Crippen molar-refractivity contribution in [2.45, 2.75) is 60.1 Å². The minimum atomic E-state index is -0.670. The van der Waals surface area contributed by atoms with Crippen molar-refractivity contribution in [1.29, 1.82) is 0 Å². The third kappa shape index (κ3) is 3.49. The molecule has 0 aliphatic rings. The maximum atomic E-state index is 11.9. The van der Waals surface area contributed by atoms with Gasteiger partial charge in [-0.05, 0) is 40.5 Å². The Morgan fingerprint density at radius 3 is 1.80 bits per heavy atom. The molecule has 3 heteroatoms. The predicted molar refractivity (Wildman–Crippen MR) is 62.4 cm³/mol. The SMILES string of the molecule is CC(C)C(C)OC(=O)C(C)(C)C(C)(C)N. The Kier molecular flexibility index (Phi) is 4.35. The van der Waals surface area contributed by atoms with Crippen LogP contribution in [-0.2, 0) is 9.53 Å².